The Kier molecular flexibility index (Phi) is 5.79. The summed E-state index contributed by atoms with van der Waals surface area (Å²) in [7, 11) is 0. The van der Waals surface area contributed by atoms with E-state index in [2.05, 4.69) is 27.2 Å². The molecule has 1 aromatic carbocycles. The minimum absolute atomic E-state index is 0.0302. The van der Waals surface area contributed by atoms with Crippen LogP contribution in [-0.4, -0.2) is 38.8 Å². The molecule has 0 radical (unpaired) electrons. The molecule has 1 N–H and O–H groups in total. The van der Waals surface area contributed by atoms with Crippen molar-refractivity contribution in [3.8, 4) is 11.4 Å². The van der Waals surface area contributed by atoms with Crippen LogP contribution in [0.4, 0.5) is 5.82 Å². The van der Waals surface area contributed by atoms with Crippen molar-refractivity contribution in [1.29, 1.82) is 0 Å². The quantitative estimate of drug-likeness (QED) is 0.716. The second kappa shape index (κ2) is 8.82. The second-order valence-corrected chi connectivity index (χ2v) is 7.48. The molecule has 4 rings (SSSR count). The van der Waals surface area contributed by atoms with E-state index in [9.17, 15) is 4.79 Å². The number of carbonyl (C=O) groups excluding carboxylic acids is 1. The smallest absolute Gasteiger partial charge is 0.272 e. The number of piperidine rings is 1. The molecular formula is C23H25N5O. The van der Waals surface area contributed by atoms with E-state index in [0.717, 1.165) is 37.2 Å². The number of aromatic nitrogens is 3. The third kappa shape index (κ3) is 4.77. The molecule has 0 unspecified atom stereocenters. The van der Waals surface area contributed by atoms with Gasteiger partial charge in [0.25, 0.3) is 5.91 Å². The molecule has 0 atom stereocenters. The number of likely N-dealkylation sites (tertiary alicyclic amines) is 1. The number of nitrogens with zero attached hydrogens (tertiary/aromatic N) is 4. The lowest BCUT2D eigenvalue weighted by molar-refractivity contribution is 0.0691. The van der Waals surface area contributed by atoms with E-state index in [4.69, 9.17) is 0 Å². The fourth-order valence-electron chi connectivity index (χ4n) is 3.42. The summed E-state index contributed by atoms with van der Waals surface area (Å²) >= 11 is 0. The molecule has 1 saturated heterocycles. The Labute approximate surface area is 171 Å². The van der Waals surface area contributed by atoms with E-state index in [0.29, 0.717) is 29.8 Å². The number of hydrogen-bond donors (Lipinski definition) is 1. The minimum Gasteiger partial charge on any atom is -0.364 e. The Morgan fingerprint density at radius 3 is 2.55 bits per heavy atom. The van der Waals surface area contributed by atoms with Crippen molar-refractivity contribution in [3.05, 3.63) is 72.2 Å². The van der Waals surface area contributed by atoms with Crippen molar-refractivity contribution in [2.24, 2.45) is 5.92 Å². The first-order valence-corrected chi connectivity index (χ1v) is 10.1. The van der Waals surface area contributed by atoms with Gasteiger partial charge in [0.2, 0.25) is 0 Å². The van der Waals surface area contributed by atoms with Crippen molar-refractivity contribution in [2.45, 2.75) is 26.3 Å². The fourth-order valence-corrected chi connectivity index (χ4v) is 3.42. The molecule has 1 aliphatic rings. The fraction of sp³-hybridized carbons (Fsp3) is 0.304. The highest BCUT2D eigenvalue weighted by molar-refractivity contribution is 5.93. The van der Waals surface area contributed by atoms with Gasteiger partial charge in [0.15, 0.2) is 5.82 Å². The predicted octanol–water partition coefficient (Wildman–Crippen LogP) is 4.02. The molecule has 1 fully saturated rings. The molecule has 0 bridgehead atoms. The normalized spacial score (nSPS) is 14.6. The summed E-state index contributed by atoms with van der Waals surface area (Å²) in [5, 5.41) is 3.29. The lowest BCUT2D eigenvalue weighted by Crippen LogP contribution is -2.38. The molecule has 0 aliphatic carbocycles. The third-order valence-corrected chi connectivity index (χ3v) is 5.22. The lowest BCUT2D eigenvalue weighted by atomic mass is 9.99. The summed E-state index contributed by atoms with van der Waals surface area (Å²) in [5.41, 5.74) is 2.22. The first-order chi connectivity index (χ1) is 14.2. The number of pyridine rings is 1. The maximum Gasteiger partial charge on any atom is 0.272 e. The maximum atomic E-state index is 13.1. The molecule has 29 heavy (non-hydrogen) atoms. The van der Waals surface area contributed by atoms with Gasteiger partial charge in [-0.3, -0.25) is 9.78 Å². The number of nitrogens with one attached hydrogen (secondary N) is 1. The molecule has 2 aromatic heterocycles. The average Bonchev–Trinajstić information content (AvgIpc) is 2.79. The van der Waals surface area contributed by atoms with Crippen molar-refractivity contribution >= 4 is 11.7 Å². The van der Waals surface area contributed by atoms with Crippen LogP contribution in [0, 0.1) is 5.92 Å². The predicted molar refractivity (Wildman–Crippen MR) is 113 cm³/mol. The summed E-state index contributed by atoms with van der Waals surface area (Å²) in [6, 6.07) is 17.3. The van der Waals surface area contributed by atoms with Crippen LogP contribution in [-0.2, 0) is 6.54 Å². The highest BCUT2D eigenvalue weighted by atomic mass is 16.2. The van der Waals surface area contributed by atoms with Gasteiger partial charge < -0.3 is 10.2 Å². The van der Waals surface area contributed by atoms with Crippen LogP contribution in [0.15, 0.2) is 60.8 Å². The molecular weight excluding hydrogens is 362 g/mol. The monoisotopic (exact) mass is 387 g/mol. The number of rotatable bonds is 5. The number of carbonyl (C=O) groups is 1. The van der Waals surface area contributed by atoms with Crippen molar-refractivity contribution in [3.63, 3.8) is 0 Å². The van der Waals surface area contributed by atoms with Gasteiger partial charge in [-0.05, 0) is 30.9 Å². The van der Waals surface area contributed by atoms with Gasteiger partial charge >= 0.3 is 0 Å². The summed E-state index contributed by atoms with van der Waals surface area (Å²) in [6.45, 7) is 4.32. The number of anilines is 1. The van der Waals surface area contributed by atoms with Gasteiger partial charge in [-0.25, -0.2) is 9.97 Å². The van der Waals surface area contributed by atoms with Gasteiger partial charge in [-0.2, -0.15) is 0 Å². The molecule has 0 spiro atoms. The molecule has 148 valence electrons. The van der Waals surface area contributed by atoms with Crippen molar-refractivity contribution in [2.75, 3.05) is 18.4 Å². The van der Waals surface area contributed by atoms with Crippen molar-refractivity contribution < 1.29 is 4.79 Å². The van der Waals surface area contributed by atoms with Gasteiger partial charge in [0.05, 0.1) is 12.2 Å². The third-order valence-electron chi connectivity index (χ3n) is 5.22. The van der Waals surface area contributed by atoms with Crippen LogP contribution in [0.1, 0.15) is 35.9 Å². The number of hydrogen-bond acceptors (Lipinski definition) is 5. The molecule has 1 aliphatic heterocycles. The Hall–Kier alpha value is -3.28. The molecule has 6 nitrogen and oxygen atoms in total. The maximum absolute atomic E-state index is 13.1. The van der Waals surface area contributed by atoms with Crippen molar-refractivity contribution in [1.82, 2.24) is 19.9 Å². The zero-order valence-electron chi connectivity index (χ0n) is 16.6. The lowest BCUT2D eigenvalue weighted by Gasteiger charge is -2.30. The zero-order valence-corrected chi connectivity index (χ0v) is 16.6. The number of benzene rings is 1. The highest BCUT2D eigenvalue weighted by Crippen LogP contribution is 2.21. The Morgan fingerprint density at radius 2 is 1.83 bits per heavy atom. The van der Waals surface area contributed by atoms with E-state index in [-0.39, 0.29) is 5.91 Å². The molecule has 1 amide bonds. The number of amides is 1. The Bertz CT molecular complexity index is 954. The standard InChI is InChI=1S/C23H25N5O/c1-17-10-13-28(14-11-17)23(29)20-15-21(25-16-19-9-5-6-12-24-19)27-22(26-20)18-7-3-2-4-8-18/h2-9,12,15,17H,10-11,13-14,16H2,1H3,(H,25,26,27). The molecule has 0 saturated carbocycles. The average molecular weight is 387 g/mol. The largest absolute Gasteiger partial charge is 0.364 e. The first-order valence-electron chi connectivity index (χ1n) is 10.1. The van der Waals surface area contributed by atoms with E-state index in [1.54, 1.807) is 12.3 Å². The second-order valence-electron chi connectivity index (χ2n) is 7.48. The van der Waals surface area contributed by atoms with Crippen LogP contribution in [0.25, 0.3) is 11.4 Å². The van der Waals surface area contributed by atoms with Gasteiger partial charge in [-0.15, -0.1) is 0 Å². The van der Waals surface area contributed by atoms with E-state index >= 15 is 0 Å². The van der Waals surface area contributed by atoms with Gasteiger partial charge in [0, 0.05) is 30.9 Å². The molecule has 3 heterocycles. The Balaban J connectivity index is 1.62. The van der Waals surface area contributed by atoms with Crippen LogP contribution in [0.3, 0.4) is 0 Å². The van der Waals surface area contributed by atoms with E-state index < -0.39 is 0 Å². The first kappa shape index (κ1) is 19.1. The Morgan fingerprint density at radius 1 is 1.07 bits per heavy atom. The summed E-state index contributed by atoms with van der Waals surface area (Å²) in [5.74, 6) is 1.81. The summed E-state index contributed by atoms with van der Waals surface area (Å²) in [6.07, 6.45) is 3.83. The van der Waals surface area contributed by atoms with Gasteiger partial charge in [-0.1, -0.05) is 43.3 Å². The van der Waals surface area contributed by atoms with E-state index in [1.807, 2.05) is 53.4 Å². The van der Waals surface area contributed by atoms with Crippen LogP contribution < -0.4 is 5.32 Å². The van der Waals surface area contributed by atoms with Crippen LogP contribution in [0.5, 0.6) is 0 Å². The van der Waals surface area contributed by atoms with Gasteiger partial charge in [0.1, 0.15) is 11.5 Å². The zero-order chi connectivity index (χ0) is 20.1. The van der Waals surface area contributed by atoms with E-state index in [1.165, 1.54) is 0 Å². The molecule has 3 aromatic rings. The molecule has 6 heteroatoms. The summed E-state index contributed by atoms with van der Waals surface area (Å²) < 4.78 is 0. The van der Waals surface area contributed by atoms with Crippen LogP contribution >= 0.6 is 0 Å². The SMILES string of the molecule is CC1CCN(C(=O)c2cc(NCc3ccccn3)nc(-c3ccccc3)n2)CC1. The topological polar surface area (TPSA) is 71.0 Å². The highest BCUT2D eigenvalue weighted by Gasteiger charge is 2.23. The van der Waals surface area contributed by atoms with Crippen LogP contribution in [0.2, 0.25) is 0 Å². The summed E-state index contributed by atoms with van der Waals surface area (Å²) in [4.78, 5) is 28.6. The minimum atomic E-state index is -0.0302.